The van der Waals surface area contributed by atoms with E-state index in [2.05, 4.69) is 0 Å². The zero-order valence-electron chi connectivity index (χ0n) is 10.7. The van der Waals surface area contributed by atoms with Gasteiger partial charge in [-0.05, 0) is 31.4 Å². The molecule has 0 atom stereocenters. The van der Waals surface area contributed by atoms with Crippen LogP contribution in [0, 0.1) is 12.7 Å². The molecule has 0 aliphatic carbocycles. The van der Waals surface area contributed by atoms with Gasteiger partial charge in [-0.3, -0.25) is 0 Å². The van der Waals surface area contributed by atoms with Gasteiger partial charge in [0.1, 0.15) is 10.7 Å². The molecule has 2 N–H and O–H groups in total. The zero-order chi connectivity index (χ0) is 13.3. The van der Waals surface area contributed by atoms with Crippen molar-refractivity contribution in [1.82, 2.24) is 4.31 Å². The third-order valence-corrected chi connectivity index (χ3v) is 5.34. The van der Waals surface area contributed by atoms with E-state index in [4.69, 9.17) is 5.73 Å². The van der Waals surface area contributed by atoms with Gasteiger partial charge in [0.25, 0.3) is 0 Å². The van der Waals surface area contributed by atoms with Gasteiger partial charge in [0, 0.05) is 19.1 Å². The first kappa shape index (κ1) is 16.4. The second kappa shape index (κ2) is 6.17. The number of halogens is 2. The number of hydrogen-bond acceptors (Lipinski definition) is 3. The van der Waals surface area contributed by atoms with E-state index in [9.17, 15) is 12.8 Å². The lowest BCUT2D eigenvalue weighted by atomic mass is 10.1. The fourth-order valence-corrected chi connectivity index (χ4v) is 3.93. The Morgan fingerprint density at radius 2 is 1.89 bits per heavy atom. The van der Waals surface area contributed by atoms with Crippen molar-refractivity contribution in [2.45, 2.75) is 30.7 Å². The lowest BCUT2D eigenvalue weighted by Crippen LogP contribution is -2.43. The normalized spacial score (nSPS) is 18.1. The highest BCUT2D eigenvalue weighted by Gasteiger charge is 2.31. The van der Waals surface area contributed by atoms with Crippen LogP contribution < -0.4 is 5.73 Å². The predicted molar refractivity (Wildman–Crippen MR) is 74.4 cm³/mol. The highest BCUT2D eigenvalue weighted by molar-refractivity contribution is 7.89. The first-order valence-electron chi connectivity index (χ1n) is 5.94. The summed E-state index contributed by atoms with van der Waals surface area (Å²) in [7, 11) is -3.74. The maximum atomic E-state index is 13.7. The topological polar surface area (TPSA) is 63.4 Å². The summed E-state index contributed by atoms with van der Waals surface area (Å²) in [4.78, 5) is -0.208. The van der Waals surface area contributed by atoms with E-state index < -0.39 is 15.8 Å². The maximum Gasteiger partial charge on any atom is 0.246 e. The summed E-state index contributed by atoms with van der Waals surface area (Å²) < 4.78 is 39.8. The van der Waals surface area contributed by atoms with Crippen LogP contribution in [-0.4, -0.2) is 31.9 Å². The van der Waals surface area contributed by atoms with E-state index in [1.807, 2.05) is 0 Å². The van der Waals surface area contributed by atoms with E-state index in [1.54, 1.807) is 13.0 Å². The molecule has 2 rings (SSSR count). The average molecular weight is 309 g/mol. The second-order valence-electron chi connectivity index (χ2n) is 4.63. The van der Waals surface area contributed by atoms with Crippen LogP contribution in [0.1, 0.15) is 18.4 Å². The molecule has 0 aromatic heterocycles. The Bertz CT molecular complexity index is 522. The molecule has 1 aliphatic rings. The number of nitrogens with two attached hydrogens (primary N) is 1. The van der Waals surface area contributed by atoms with E-state index in [0.717, 1.165) is 0 Å². The molecule has 1 saturated heterocycles. The molecular weight excluding hydrogens is 291 g/mol. The van der Waals surface area contributed by atoms with Crippen molar-refractivity contribution in [2.24, 2.45) is 5.73 Å². The molecule has 108 valence electrons. The molecule has 0 saturated carbocycles. The average Bonchev–Trinajstić information content (AvgIpc) is 2.29. The van der Waals surface area contributed by atoms with Gasteiger partial charge in [0.2, 0.25) is 10.0 Å². The Labute approximate surface area is 119 Å². The summed E-state index contributed by atoms with van der Waals surface area (Å²) in [5.74, 6) is -0.690. The Morgan fingerprint density at radius 1 is 1.32 bits per heavy atom. The van der Waals surface area contributed by atoms with Crippen LogP contribution in [-0.2, 0) is 10.0 Å². The summed E-state index contributed by atoms with van der Waals surface area (Å²) in [5, 5.41) is 0. The van der Waals surface area contributed by atoms with Crippen molar-refractivity contribution < 1.29 is 12.8 Å². The minimum absolute atomic E-state index is 0. The summed E-state index contributed by atoms with van der Waals surface area (Å²) in [5.41, 5.74) is 6.18. The van der Waals surface area contributed by atoms with Gasteiger partial charge in [-0.2, -0.15) is 4.31 Å². The Morgan fingerprint density at radius 3 is 2.42 bits per heavy atom. The summed E-state index contributed by atoms with van der Waals surface area (Å²) in [6, 6.07) is 4.33. The van der Waals surface area contributed by atoms with E-state index in [-0.39, 0.29) is 23.3 Å². The van der Waals surface area contributed by atoms with E-state index in [1.165, 1.54) is 16.4 Å². The number of piperidine rings is 1. The highest BCUT2D eigenvalue weighted by atomic mass is 35.5. The van der Waals surface area contributed by atoms with E-state index in [0.29, 0.717) is 31.5 Å². The first-order chi connectivity index (χ1) is 8.43. The van der Waals surface area contributed by atoms with Crippen molar-refractivity contribution in [2.75, 3.05) is 13.1 Å². The van der Waals surface area contributed by atoms with Crippen molar-refractivity contribution in [3.05, 3.63) is 29.6 Å². The third-order valence-electron chi connectivity index (χ3n) is 3.26. The zero-order valence-corrected chi connectivity index (χ0v) is 12.3. The van der Waals surface area contributed by atoms with Crippen molar-refractivity contribution in [3.63, 3.8) is 0 Å². The fraction of sp³-hybridized carbons (Fsp3) is 0.500. The molecule has 0 unspecified atom stereocenters. The molecule has 0 radical (unpaired) electrons. The lowest BCUT2D eigenvalue weighted by molar-refractivity contribution is 0.318. The highest BCUT2D eigenvalue weighted by Crippen LogP contribution is 2.25. The van der Waals surface area contributed by atoms with Gasteiger partial charge in [0.05, 0.1) is 0 Å². The lowest BCUT2D eigenvalue weighted by Gasteiger charge is -2.29. The van der Waals surface area contributed by atoms with Crippen LogP contribution in [0.3, 0.4) is 0 Å². The van der Waals surface area contributed by atoms with Crippen LogP contribution in [0.25, 0.3) is 0 Å². The smallest absolute Gasteiger partial charge is 0.246 e. The second-order valence-corrected chi connectivity index (χ2v) is 6.50. The number of aryl methyl sites for hydroxylation is 1. The summed E-state index contributed by atoms with van der Waals surface area (Å²) in [6.07, 6.45) is 1.24. The number of rotatable bonds is 2. The molecule has 1 fully saturated rings. The molecule has 1 aromatic rings. The molecule has 0 amide bonds. The van der Waals surface area contributed by atoms with Crippen LogP contribution in [0.4, 0.5) is 4.39 Å². The molecule has 7 heteroatoms. The van der Waals surface area contributed by atoms with Crippen LogP contribution >= 0.6 is 12.4 Å². The van der Waals surface area contributed by atoms with Crippen LogP contribution in [0.5, 0.6) is 0 Å². The fourth-order valence-electron chi connectivity index (χ4n) is 2.19. The van der Waals surface area contributed by atoms with Gasteiger partial charge in [-0.1, -0.05) is 12.1 Å². The van der Waals surface area contributed by atoms with Gasteiger partial charge < -0.3 is 5.73 Å². The number of benzene rings is 1. The van der Waals surface area contributed by atoms with Gasteiger partial charge >= 0.3 is 0 Å². The molecule has 1 heterocycles. The molecule has 0 spiro atoms. The Kier molecular flexibility index (Phi) is 5.32. The molecular formula is C12H18ClFN2O2S. The Hall–Kier alpha value is -0.690. The molecule has 19 heavy (non-hydrogen) atoms. The van der Waals surface area contributed by atoms with Crippen LogP contribution in [0.15, 0.2) is 23.1 Å². The number of hydrogen-bond donors (Lipinski definition) is 1. The first-order valence-corrected chi connectivity index (χ1v) is 7.38. The van der Waals surface area contributed by atoms with Crippen molar-refractivity contribution in [3.8, 4) is 0 Å². The van der Waals surface area contributed by atoms with Crippen LogP contribution in [0.2, 0.25) is 0 Å². The molecule has 1 aliphatic heterocycles. The number of sulfonamides is 1. The van der Waals surface area contributed by atoms with Gasteiger partial charge in [-0.15, -0.1) is 12.4 Å². The molecule has 0 bridgehead atoms. The van der Waals surface area contributed by atoms with Gasteiger partial charge in [0.15, 0.2) is 0 Å². The summed E-state index contributed by atoms with van der Waals surface area (Å²) in [6.45, 7) is 2.32. The number of nitrogens with zero attached hydrogens (tertiary/aromatic N) is 1. The monoisotopic (exact) mass is 308 g/mol. The molecule has 1 aromatic carbocycles. The predicted octanol–water partition coefficient (Wildman–Crippen LogP) is 1.67. The van der Waals surface area contributed by atoms with E-state index >= 15 is 0 Å². The largest absolute Gasteiger partial charge is 0.328 e. The summed E-state index contributed by atoms with van der Waals surface area (Å²) >= 11 is 0. The minimum atomic E-state index is -3.74. The maximum absolute atomic E-state index is 13.7. The quantitative estimate of drug-likeness (QED) is 0.904. The van der Waals surface area contributed by atoms with Gasteiger partial charge in [-0.25, -0.2) is 12.8 Å². The van der Waals surface area contributed by atoms with Crippen molar-refractivity contribution in [1.29, 1.82) is 0 Å². The van der Waals surface area contributed by atoms with Crippen molar-refractivity contribution >= 4 is 22.4 Å². The SMILES string of the molecule is Cc1cccc(F)c1S(=O)(=O)N1CCC(N)CC1.Cl. The Balaban J connectivity index is 0.00000180. The molecule has 4 nitrogen and oxygen atoms in total. The minimum Gasteiger partial charge on any atom is -0.328 e. The third kappa shape index (κ3) is 3.25. The standard InChI is InChI=1S/C12H17FN2O2S.ClH/c1-9-3-2-4-11(13)12(9)18(16,17)15-7-5-10(14)6-8-15;/h2-4,10H,5-8,14H2,1H3;1H.